The van der Waals surface area contributed by atoms with Crippen LogP contribution in [0.4, 0.5) is 0 Å². The van der Waals surface area contributed by atoms with Crippen LogP contribution in [0.3, 0.4) is 0 Å². The predicted molar refractivity (Wildman–Crippen MR) is 70.8 cm³/mol. The third kappa shape index (κ3) is 2.54. The van der Waals surface area contributed by atoms with Crippen molar-refractivity contribution in [2.24, 2.45) is 5.92 Å². The standard InChI is InChI=1S/C14H18O6/c1-3-14(4-2,11(12(17)18)13(19)20)9-6-5-8(15)7-10(9)16/h5-7,11,15-16H,3-4H2,1-2H3,(H,17,18)(H,19,20). The second-order valence-electron chi connectivity index (χ2n) is 4.67. The van der Waals surface area contributed by atoms with E-state index in [1.807, 2.05) is 0 Å². The number of hydrogen-bond donors (Lipinski definition) is 4. The maximum atomic E-state index is 11.3. The van der Waals surface area contributed by atoms with Gasteiger partial charge in [-0.1, -0.05) is 19.9 Å². The van der Waals surface area contributed by atoms with Gasteiger partial charge in [0, 0.05) is 17.0 Å². The molecule has 6 heteroatoms. The molecule has 1 aromatic carbocycles. The molecule has 0 aromatic heterocycles. The van der Waals surface area contributed by atoms with Gasteiger partial charge in [-0.3, -0.25) is 9.59 Å². The molecule has 0 amide bonds. The number of carbonyl (C=O) groups is 2. The number of aromatic hydroxyl groups is 2. The monoisotopic (exact) mass is 282 g/mol. The van der Waals surface area contributed by atoms with Crippen LogP contribution >= 0.6 is 0 Å². The van der Waals surface area contributed by atoms with Crippen molar-refractivity contribution in [2.75, 3.05) is 0 Å². The van der Waals surface area contributed by atoms with Crippen LogP contribution in [-0.2, 0) is 15.0 Å². The van der Waals surface area contributed by atoms with Gasteiger partial charge in [-0.15, -0.1) is 0 Å². The smallest absolute Gasteiger partial charge is 0.318 e. The number of benzene rings is 1. The molecule has 6 nitrogen and oxygen atoms in total. The molecule has 0 spiro atoms. The second kappa shape index (κ2) is 5.81. The van der Waals surface area contributed by atoms with Gasteiger partial charge in [0.1, 0.15) is 11.5 Å². The van der Waals surface area contributed by atoms with Crippen molar-refractivity contribution < 1.29 is 30.0 Å². The van der Waals surface area contributed by atoms with E-state index < -0.39 is 23.3 Å². The van der Waals surface area contributed by atoms with Crippen LogP contribution in [-0.4, -0.2) is 32.4 Å². The highest BCUT2D eigenvalue weighted by Gasteiger charge is 2.48. The van der Waals surface area contributed by atoms with E-state index >= 15 is 0 Å². The molecule has 0 fully saturated rings. The van der Waals surface area contributed by atoms with Crippen molar-refractivity contribution in [3.05, 3.63) is 23.8 Å². The molecule has 1 rings (SSSR count). The van der Waals surface area contributed by atoms with Crippen molar-refractivity contribution in [3.8, 4) is 11.5 Å². The molecule has 0 aliphatic carbocycles. The molecule has 0 aliphatic heterocycles. The Kier molecular flexibility index (Phi) is 4.60. The molecule has 0 unspecified atom stereocenters. The van der Waals surface area contributed by atoms with Crippen LogP contribution in [0.2, 0.25) is 0 Å². The molecule has 0 saturated heterocycles. The lowest BCUT2D eigenvalue weighted by Gasteiger charge is -2.36. The van der Waals surface area contributed by atoms with Gasteiger partial charge in [0.15, 0.2) is 5.92 Å². The normalized spacial score (nSPS) is 11.6. The van der Waals surface area contributed by atoms with Crippen molar-refractivity contribution in [1.82, 2.24) is 0 Å². The second-order valence-corrected chi connectivity index (χ2v) is 4.67. The first-order chi connectivity index (χ1) is 9.30. The minimum Gasteiger partial charge on any atom is -0.508 e. The van der Waals surface area contributed by atoms with E-state index in [1.54, 1.807) is 13.8 Å². The number of phenolic OH excluding ortho intramolecular Hbond substituents is 2. The number of carboxylic acids is 2. The van der Waals surface area contributed by atoms with E-state index in [1.165, 1.54) is 12.1 Å². The maximum absolute atomic E-state index is 11.3. The molecule has 0 bridgehead atoms. The highest BCUT2D eigenvalue weighted by molar-refractivity contribution is 5.95. The summed E-state index contributed by atoms with van der Waals surface area (Å²) in [5, 5.41) is 37.7. The first-order valence-corrected chi connectivity index (χ1v) is 6.28. The van der Waals surface area contributed by atoms with Crippen molar-refractivity contribution in [2.45, 2.75) is 32.1 Å². The van der Waals surface area contributed by atoms with E-state index in [0.717, 1.165) is 6.07 Å². The van der Waals surface area contributed by atoms with Crippen molar-refractivity contribution in [1.29, 1.82) is 0 Å². The van der Waals surface area contributed by atoms with Crippen LogP contribution in [0.25, 0.3) is 0 Å². The molecule has 0 aliphatic rings. The summed E-state index contributed by atoms with van der Waals surface area (Å²) in [6, 6.07) is 3.75. The fourth-order valence-electron chi connectivity index (χ4n) is 2.71. The summed E-state index contributed by atoms with van der Waals surface area (Å²) in [6.07, 6.45) is 0.455. The highest BCUT2D eigenvalue weighted by atomic mass is 16.4. The summed E-state index contributed by atoms with van der Waals surface area (Å²) in [6.45, 7) is 3.35. The zero-order valence-electron chi connectivity index (χ0n) is 11.3. The summed E-state index contributed by atoms with van der Waals surface area (Å²) in [4.78, 5) is 22.7. The van der Waals surface area contributed by atoms with E-state index in [2.05, 4.69) is 0 Å². The summed E-state index contributed by atoms with van der Waals surface area (Å²) in [5.74, 6) is -5.05. The number of rotatable bonds is 6. The SMILES string of the molecule is CCC(CC)(c1ccc(O)cc1O)C(C(=O)O)C(=O)O. The lowest BCUT2D eigenvalue weighted by Crippen LogP contribution is -2.44. The predicted octanol–water partition coefficient (Wildman–Crippen LogP) is 1.94. The van der Waals surface area contributed by atoms with E-state index in [9.17, 15) is 30.0 Å². The summed E-state index contributed by atoms with van der Waals surface area (Å²) in [7, 11) is 0. The van der Waals surface area contributed by atoms with E-state index in [4.69, 9.17) is 0 Å². The Morgan fingerprint density at radius 2 is 1.60 bits per heavy atom. The summed E-state index contributed by atoms with van der Waals surface area (Å²) >= 11 is 0. The van der Waals surface area contributed by atoms with Crippen LogP contribution < -0.4 is 0 Å². The Labute approximate surface area is 116 Å². The molecular weight excluding hydrogens is 264 g/mol. The number of hydrogen-bond acceptors (Lipinski definition) is 4. The van der Waals surface area contributed by atoms with Crippen LogP contribution in [0.15, 0.2) is 18.2 Å². The van der Waals surface area contributed by atoms with Crippen LogP contribution in [0.5, 0.6) is 11.5 Å². The first-order valence-electron chi connectivity index (χ1n) is 6.28. The van der Waals surface area contributed by atoms with Gasteiger partial charge in [-0.25, -0.2) is 0 Å². The van der Waals surface area contributed by atoms with E-state index in [-0.39, 0.29) is 29.9 Å². The quantitative estimate of drug-likeness (QED) is 0.593. The summed E-state index contributed by atoms with van der Waals surface area (Å²) in [5.41, 5.74) is -1.02. The Balaban J connectivity index is 3.55. The third-order valence-corrected chi connectivity index (χ3v) is 3.83. The molecule has 20 heavy (non-hydrogen) atoms. The average molecular weight is 282 g/mol. The number of phenols is 2. The molecule has 1 aromatic rings. The van der Waals surface area contributed by atoms with Crippen LogP contribution in [0.1, 0.15) is 32.3 Å². The molecule has 110 valence electrons. The molecule has 0 atom stereocenters. The lowest BCUT2D eigenvalue weighted by atomic mass is 9.66. The summed E-state index contributed by atoms with van der Waals surface area (Å²) < 4.78 is 0. The highest BCUT2D eigenvalue weighted by Crippen LogP contribution is 2.44. The molecule has 0 saturated carbocycles. The third-order valence-electron chi connectivity index (χ3n) is 3.83. The zero-order valence-corrected chi connectivity index (χ0v) is 11.3. The van der Waals surface area contributed by atoms with Gasteiger partial charge >= 0.3 is 11.9 Å². The maximum Gasteiger partial charge on any atom is 0.318 e. The Hall–Kier alpha value is -2.24. The molecule has 0 radical (unpaired) electrons. The minimum absolute atomic E-state index is 0.172. The average Bonchev–Trinajstić information content (AvgIpc) is 2.35. The van der Waals surface area contributed by atoms with Gasteiger partial charge < -0.3 is 20.4 Å². The number of carboxylic acid groups (broad SMARTS) is 2. The molecule has 4 N–H and O–H groups in total. The van der Waals surface area contributed by atoms with Gasteiger partial charge in [-0.2, -0.15) is 0 Å². The van der Waals surface area contributed by atoms with Gasteiger partial charge in [0.05, 0.1) is 0 Å². The molecule has 0 heterocycles. The van der Waals surface area contributed by atoms with Gasteiger partial charge in [0.25, 0.3) is 0 Å². The Morgan fingerprint density at radius 1 is 1.10 bits per heavy atom. The van der Waals surface area contributed by atoms with Crippen molar-refractivity contribution >= 4 is 11.9 Å². The van der Waals surface area contributed by atoms with E-state index in [0.29, 0.717) is 0 Å². The lowest BCUT2D eigenvalue weighted by molar-refractivity contribution is -0.158. The topological polar surface area (TPSA) is 115 Å². The van der Waals surface area contributed by atoms with Crippen molar-refractivity contribution in [3.63, 3.8) is 0 Å². The molecular formula is C14H18O6. The first kappa shape index (κ1) is 15.8. The number of aliphatic carboxylic acids is 2. The Morgan fingerprint density at radius 3 is 1.95 bits per heavy atom. The fraction of sp³-hybridized carbons (Fsp3) is 0.429. The fourth-order valence-corrected chi connectivity index (χ4v) is 2.71. The largest absolute Gasteiger partial charge is 0.508 e. The minimum atomic E-state index is -1.67. The Bertz CT molecular complexity index is 504. The van der Waals surface area contributed by atoms with Crippen LogP contribution in [0, 0.1) is 5.92 Å². The zero-order chi connectivity index (χ0) is 15.5. The van der Waals surface area contributed by atoms with Gasteiger partial charge in [0.2, 0.25) is 0 Å². The van der Waals surface area contributed by atoms with Gasteiger partial charge in [-0.05, 0) is 18.9 Å².